The Morgan fingerprint density at radius 1 is 1.69 bits per heavy atom. The second-order valence-corrected chi connectivity index (χ2v) is 2.42. The smallest absolute Gasteiger partial charge is 0.332 e. The first-order valence-electron chi connectivity index (χ1n) is 3.59. The first kappa shape index (κ1) is 7.62. The van der Waals surface area contributed by atoms with Crippen LogP contribution in [-0.4, -0.2) is 22.4 Å². The number of rotatable bonds is 1. The van der Waals surface area contributed by atoms with Gasteiger partial charge in [0.15, 0.2) is 5.82 Å². The summed E-state index contributed by atoms with van der Waals surface area (Å²) in [6.45, 7) is 0. The van der Waals surface area contributed by atoms with Gasteiger partial charge in [0, 0.05) is 12.4 Å². The van der Waals surface area contributed by atoms with Gasteiger partial charge in [0.1, 0.15) is 0 Å². The molecule has 0 aromatic carbocycles. The number of hydrogen-bond donors (Lipinski definition) is 3. The minimum Gasteiger partial charge on any atom is -0.350 e. The van der Waals surface area contributed by atoms with Crippen LogP contribution in [0, 0.1) is 0 Å². The van der Waals surface area contributed by atoms with E-state index in [1.165, 1.54) is 5.12 Å². The maximum atomic E-state index is 10.5. The number of nitrogens with two attached hydrogens (primary N) is 1. The number of urea groups is 1. The van der Waals surface area contributed by atoms with Crippen molar-refractivity contribution in [3.05, 3.63) is 24.3 Å². The first-order chi connectivity index (χ1) is 6.25. The van der Waals surface area contributed by atoms with Crippen molar-refractivity contribution < 1.29 is 4.79 Å². The Morgan fingerprint density at radius 2 is 2.54 bits per heavy atom. The van der Waals surface area contributed by atoms with E-state index < -0.39 is 6.03 Å². The van der Waals surface area contributed by atoms with E-state index >= 15 is 0 Å². The molecule has 0 aromatic rings. The second kappa shape index (κ2) is 2.79. The first-order valence-corrected chi connectivity index (χ1v) is 3.59. The van der Waals surface area contributed by atoms with Gasteiger partial charge in [-0.25, -0.2) is 25.3 Å². The molecule has 0 atom stereocenters. The molecule has 0 saturated heterocycles. The SMILES string of the molecule is NC(=O)NN1C=C2N=CC=CN2N1. The van der Waals surface area contributed by atoms with Crippen LogP contribution in [-0.2, 0) is 0 Å². The van der Waals surface area contributed by atoms with Crippen LogP contribution in [0.15, 0.2) is 29.3 Å². The van der Waals surface area contributed by atoms with Crippen molar-refractivity contribution in [1.29, 1.82) is 0 Å². The number of nitrogens with zero attached hydrogens (tertiary/aromatic N) is 3. The molecule has 0 aromatic heterocycles. The van der Waals surface area contributed by atoms with Crippen LogP contribution in [0.2, 0.25) is 0 Å². The molecule has 2 rings (SSSR count). The van der Waals surface area contributed by atoms with E-state index in [9.17, 15) is 4.79 Å². The van der Waals surface area contributed by atoms with Crippen LogP contribution in [0.3, 0.4) is 0 Å². The Balaban J connectivity index is 2.07. The molecule has 0 fully saturated rings. The van der Waals surface area contributed by atoms with E-state index in [0.717, 1.165) is 0 Å². The average molecular weight is 180 g/mol. The normalized spacial score (nSPS) is 18.6. The van der Waals surface area contributed by atoms with E-state index in [2.05, 4.69) is 16.0 Å². The summed E-state index contributed by atoms with van der Waals surface area (Å²) < 4.78 is 0. The molecule has 0 spiro atoms. The molecule has 0 unspecified atom stereocenters. The molecule has 7 nitrogen and oxygen atoms in total. The number of carbonyl (C=O) groups excluding carboxylic acids is 1. The lowest BCUT2D eigenvalue weighted by Gasteiger charge is -2.20. The number of hydrazine groups is 3. The molecular weight excluding hydrogens is 172 g/mol. The number of aliphatic imine (C=N–C) groups is 1. The third kappa shape index (κ3) is 1.44. The Labute approximate surface area is 74.1 Å². The molecule has 2 aliphatic rings. The second-order valence-electron chi connectivity index (χ2n) is 2.42. The summed E-state index contributed by atoms with van der Waals surface area (Å²) in [6, 6.07) is -0.642. The minimum absolute atomic E-state index is 0.642. The summed E-state index contributed by atoms with van der Waals surface area (Å²) in [5, 5.41) is 2.96. The Bertz CT molecular complexity index is 319. The fourth-order valence-corrected chi connectivity index (χ4v) is 0.999. The maximum absolute atomic E-state index is 10.5. The summed E-state index contributed by atoms with van der Waals surface area (Å²) in [5.74, 6) is 0.677. The Hall–Kier alpha value is -2.02. The van der Waals surface area contributed by atoms with Crippen LogP contribution < -0.4 is 16.7 Å². The largest absolute Gasteiger partial charge is 0.350 e. The van der Waals surface area contributed by atoms with Crippen LogP contribution in [0.5, 0.6) is 0 Å². The zero-order valence-electron chi connectivity index (χ0n) is 6.64. The highest BCUT2D eigenvalue weighted by Crippen LogP contribution is 2.13. The van der Waals surface area contributed by atoms with E-state index in [1.807, 2.05) is 0 Å². The number of carbonyl (C=O) groups is 1. The number of fused-ring (bicyclic) bond motifs is 1. The number of amides is 2. The van der Waals surface area contributed by atoms with Crippen LogP contribution in [0.4, 0.5) is 4.79 Å². The molecule has 0 aliphatic carbocycles. The van der Waals surface area contributed by atoms with Gasteiger partial charge in [-0.15, -0.1) is 5.53 Å². The molecule has 4 N–H and O–H groups in total. The van der Waals surface area contributed by atoms with Crippen molar-refractivity contribution in [3.63, 3.8) is 0 Å². The highest BCUT2D eigenvalue weighted by atomic mass is 16.2. The molecule has 68 valence electrons. The van der Waals surface area contributed by atoms with Crippen molar-refractivity contribution in [2.45, 2.75) is 0 Å². The van der Waals surface area contributed by atoms with E-state index in [4.69, 9.17) is 5.73 Å². The van der Waals surface area contributed by atoms with Crippen molar-refractivity contribution in [2.75, 3.05) is 0 Å². The van der Waals surface area contributed by atoms with E-state index in [-0.39, 0.29) is 0 Å². The highest BCUT2D eigenvalue weighted by Gasteiger charge is 2.19. The number of nitrogens with one attached hydrogen (secondary N) is 2. The molecule has 2 aliphatic heterocycles. The van der Waals surface area contributed by atoms with Crippen molar-refractivity contribution >= 4 is 12.2 Å². The van der Waals surface area contributed by atoms with Gasteiger partial charge in [-0.3, -0.25) is 0 Å². The number of hydrogen-bond acceptors (Lipinski definition) is 5. The van der Waals surface area contributed by atoms with Gasteiger partial charge < -0.3 is 5.73 Å². The average Bonchev–Trinajstić information content (AvgIpc) is 2.44. The van der Waals surface area contributed by atoms with Crippen LogP contribution >= 0.6 is 0 Å². The molecule has 0 bridgehead atoms. The minimum atomic E-state index is -0.642. The third-order valence-corrected chi connectivity index (χ3v) is 1.47. The summed E-state index contributed by atoms with van der Waals surface area (Å²) in [4.78, 5) is 14.5. The van der Waals surface area contributed by atoms with Gasteiger partial charge >= 0.3 is 6.03 Å². The van der Waals surface area contributed by atoms with E-state index in [0.29, 0.717) is 5.82 Å². The fraction of sp³-hybridized carbons (Fsp3) is 0. The Morgan fingerprint density at radius 3 is 3.23 bits per heavy atom. The molecule has 7 heteroatoms. The standard InChI is InChI=1S/C6H8N6O/c7-6(13)9-12-4-5-8-2-1-3-11(5)10-12/h1-4,10H,(H3,7,9,13). The summed E-state index contributed by atoms with van der Waals surface area (Å²) in [5.41, 5.74) is 10.0. The van der Waals surface area contributed by atoms with Gasteiger partial charge in [-0.1, -0.05) is 0 Å². The van der Waals surface area contributed by atoms with Gasteiger partial charge in [-0.2, -0.15) is 0 Å². The summed E-state index contributed by atoms with van der Waals surface area (Å²) >= 11 is 0. The molecule has 0 saturated carbocycles. The Kier molecular flexibility index (Phi) is 1.64. The maximum Gasteiger partial charge on any atom is 0.332 e. The van der Waals surface area contributed by atoms with Crippen LogP contribution in [0.25, 0.3) is 0 Å². The predicted octanol–water partition coefficient (Wildman–Crippen LogP) is -0.996. The van der Waals surface area contributed by atoms with Crippen LogP contribution in [0.1, 0.15) is 0 Å². The fourth-order valence-electron chi connectivity index (χ4n) is 0.999. The zero-order chi connectivity index (χ0) is 9.26. The van der Waals surface area contributed by atoms with Gasteiger partial charge in [0.05, 0.1) is 6.20 Å². The molecular formula is C6H8N6O. The number of allylic oxidation sites excluding steroid dienone is 1. The predicted molar refractivity (Wildman–Crippen MR) is 45.2 cm³/mol. The zero-order valence-corrected chi connectivity index (χ0v) is 6.64. The van der Waals surface area contributed by atoms with Gasteiger partial charge in [0.25, 0.3) is 0 Å². The topological polar surface area (TPSA) is 86.0 Å². The van der Waals surface area contributed by atoms with E-state index in [1.54, 1.807) is 29.7 Å². The van der Waals surface area contributed by atoms with Crippen molar-refractivity contribution in [1.82, 2.24) is 21.1 Å². The van der Waals surface area contributed by atoms with Gasteiger partial charge in [-0.05, 0) is 6.08 Å². The molecule has 13 heavy (non-hydrogen) atoms. The highest BCUT2D eigenvalue weighted by molar-refractivity contribution is 5.73. The number of primary amides is 1. The molecule has 0 radical (unpaired) electrons. The monoisotopic (exact) mass is 180 g/mol. The van der Waals surface area contributed by atoms with Gasteiger partial charge in [0.2, 0.25) is 0 Å². The van der Waals surface area contributed by atoms with Crippen molar-refractivity contribution in [2.24, 2.45) is 10.7 Å². The third-order valence-electron chi connectivity index (χ3n) is 1.47. The lowest BCUT2D eigenvalue weighted by Crippen LogP contribution is -2.50. The van der Waals surface area contributed by atoms with Crippen molar-refractivity contribution in [3.8, 4) is 0 Å². The lowest BCUT2D eigenvalue weighted by molar-refractivity contribution is 0.126. The summed E-state index contributed by atoms with van der Waals surface area (Å²) in [6.07, 6.45) is 6.78. The quantitative estimate of drug-likeness (QED) is 0.483. The lowest BCUT2D eigenvalue weighted by atomic mass is 10.5. The molecule has 2 heterocycles. The summed E-state index contributed by atoms with van der Waals surface area (Å²) in [7, 11) is 0. The molecule has 2 amide bonds.